The molecule has 1 saturated heterocycles. The quantitative estimate of drug-likeness (QED) is 0.637. The lowest BCUT2D eigenvalue weighted by Crippen LogP contribution is -2.45. The maximum Gasteiger partial charge on any atom is 0.326 e. The number of carboxylic acid groups (broad SMARTS) is 1. The minimum atomic E-state index is -0.947. The Labute approximate surface area is 102 Å². The van der Waals surface area contributed by atoms with Crippen molar-refractivity contribution in [2.45, 2.75) is 39.2 Å². The summed E-state index contributed by atoms with van der Waals surface area (Å²) in [6.45, 7) is 5.57. The highest BCUT2D eigenvalue weighted by Crippen LogP contribution is 2.13. The molecule has 1 fully saturated rings. The van der Waals surface area contributed by atoms with Crippen molar-refractivity contribution in [1.29, 1.82) is 0 Å². The summed E-state index contributed by atoms with van der Waals surface area (Å²) < 4.78 is 0. The minimum absolute atomic E-state index is 0.0434. The van der Waals surface area contributed by atoms with Crippen LogP contribution in [-0.2, 0) is 9.59 Å². The molecular formula is C12H22N2O3. The molecule has 3 atom stereocenters. The van der Waals surface area contributed by atoms with Crippen LogP contribution in [-0.4, -0.2) is 36.1 Å². The van der Waals surface area contributed by atoms with E-state index in [-0.39, 0.29) is 11.8 Å². The fraction of sp³-hybridized carbons (Fsp3) is 0.833. The molecule has 1 amide bonds. The van der Waals surface area contributed by atoms with Crippen LogP contribution >= 0.6 is 0 Å². The van der Waals surface area contributed by atoms with Crippen LogP contribution < -0.4 is 10.6 Å². The first-order valence-electron chi connectivity index (χ1n) is 6.27. The molecule has 17 heavy (non-hydrogen) atoms. The monoisotopic (exact) mass is 242 g/mol. The van der Waals surface area contributed by atoms with Crippen molar-refractivity contribution >= 4 is 11.9 Å². The van der Waals surface area contributed by atoms with Crippen LogP contribution in [0.5, 0.6) is 0 Å². The Kier molecular flexibility index (Phi) is 5.41. The van der Waals surface area contributed by atoms with Crippen LogP contribution in [0.3, 0.4) is 0 Å². The number of nitrogens with one attached hydrogen (secondary N) is 2. The van der Waals surface area contributed by atoms with Crippen molar-refractivity contribution in [2.75, 3.05) is 13.1 Å². The van der Waals surface area contributed by atoms with Crippen molar-refractivity contribution in [1.82, 2.24) is 10.6 Å². The highest BCUT2D eigenvalue weighted by Gasteiger charge is 2.26. The lowest BCUT2D eigenvalue weighted by atomic mass is 9.98. The molecule has 0 saturated carbocycles. The molecule has 0 bridgehead atoms. The molecule has 5 heteroatoms. The van der Waals surface area contributed by atoms with Crippen molar-refractivity contribution in [3.63, 3.8) is 0 Å². The van der Waals surface area contributed by atoms with Gasteiger partial charge < -0.3 is 15.7 Å². The molecule has 98 valence electrons. The topological polar surface area (TPSA) is 78.4 Å². The fourth-order valence-electron chi connectivity index (χ4n) is 2.07. The Balaban J connectivity index is 2.43. The van der Waals surface area contributed by atoms with Crippen LogP contribution in [0, 0.1) is 11.8 Å². The van der Waals surface area contributed by atoms with Crippen molar-refractivity contribution in [2.24, 2.45) is 11.8 Å². The van der Waals surface area contributed by atoms with Gasteiger partial charge in [0.2, 0.25) is 5.91 Å². The summed E-state index contributed by atoms with van der Waals surface area (Å²) in [5.41, 5.74) is 0. The second kappa shape index (κ2) is 6.59. The maximum absolute atomic E-state index is 11.7. The first-order chi connectivity index (χ1) is 8.04. The zero-order chi connectivity index (χ0) is 12.8. The minimum Gasteiger partial charge on any atom is -0.480 e. The molecule has 5 nitrogen and oxygen atoms in total. The average Bonchev–Trinajstić information content (AvgIpc) is 2.77. The van der Waals surface area contributed by atoms with Gasteiger partial charge in [-0.3, -0.25) is 4.79 Å². The standard InChI is InChI=1S/C12H22N2O3/c1-3-8(2)11(12(16)17)14-10(15)6-9-4-5-13-7-9/h8-9,11,13H,3-7H2,1-2H3,(H,14,15)(H,16,17). The van der Waals surface area contributed by atoms with E-state index in [4.69, 9.17) is 5.11 Å². The average molecular weight is 242 g/mol. The van der Waals surface area contributed by atoms with Crippen LogP contribution in [0.4, 0.5) is 0 Å². The number of carboxylic acids is 1. The summed E-state index contributed by atoms with van der Waals surface area (Å²) in [5, 5.41) is 14.9. The van der Waals surface area contributed by atoms with Crippen LogP contribution in [0.1, 0.15) is 33.1 Å². The lowest BCUT2D eigenvalue weighted by molar-refractivity contribution is -0.143. The van der Waals surface area contributed by atoms with Gasteiger partial charge in [0.05, 0.1) is 0 Å². The molecule has 0 radical (unpaired) electrons. The van der Waals surface area contributed by atoms with E-state index in [2.05, 4.69) is 10.6 Å². The molecule has 1 rings (SSSR count). The molecule has 1 aliphatic rings. The number of rotatable bonds is 6. The van der Waals surface area contributed by atoms with Gasteiger partial charge in [0.15, 0.2) is 0 Å². The van der Waals surface area contributed by atoms with Gasteiger partial charge >= 0.3 is 5.97 Å². The van der Waals surface area contributed by atoms with Crippen LogP contribution in [0.15, 0.2) is 0 Å². The summed E-state index contributed by atoms with van der Waals surface area (Å²) in [6, 6.07) is -0.762. The van der Waals surface area contributed by atoms with Gasteiger partial charge in [0.1, 0.15) is 6.04 Å². The summed E-state index contributed by atoms with van der Waals surface area (Å²) in [4.78, 5) is 22.8. The highest BCUT2D eigenvalue weighted by atomic mass is 16.4. The summed E-state index contributed by atoms with van der Waals surface area (Å²) in [7, 11) is 0. The van der Waals surface area contributed by atoms with E-state index in [1.54, 1.807) is 0 Å². The van der Waals surface area contributed by atoms with E-state index in [9.17, 15) is 9.59 Å². The van der Waals surface area contributed by atoms with E-state index in [1.165, 1.54) is 0 Å². The third-order valence-electron chi connectivity index (χ3n) is 3.43. The molecule has 0 aromatic rings. The first kappa shape index (κ1) is 14.0. The number of carbonyl (C=O) groups is 2. The molecule has 0 aliphatic carbocycles. The van der Waals surface area contributed by atoms with Gasteiger partial charge in [-0.05, 0) is 31.3 Å². The Morgan fingerprint density at radius 1 is 1.53 bits per heavy atom. The Morgan fingerprint density at radius 3 is 2.71 bits per heavy atom. The Morgan fingerprint density at radius 2 is 2.24 bits per heavy atom. The fourth-order valence-corrected chi connectivity index (χ4v) is 2.07. The van der Waals surface area contributed by atoms with Crippen LogP contribution in [0.2, 0.25) is 0 Å². The van der Waals surface area contributed by atoms with Gasteiger partial charge in [-0.25, -0.2) is 4.79 Å². The van der Waals surface area contributed by atoms with E-state index in [0.29, 0.717) is 12.3 Å². The molecule has 0 aromatic carbocycles. The van der Waals surface area contributed by atoms with Gasteiger partial charge in [-0.2, -0.15) is 0 Å². The molecule has 3 unspecified atom stereocenters. The normalized spacial score (nSPS) is 23.1. The van der Waals surface area contributed by atoms with Crippen molar-refractivity contribution in [3.8, 4) is 0 Å². The molecular weight excluding hydrogens is 220 g/mol. The zero-order valence-electron chi connectivity index (χ0n) is 10.5. The van der Waals surface area contributed by atoms with E-state index < -0.39 is 12.0 Å². The first-order valence-corrected chi connectivity index (χ1v) is 6.27. The number of hydrogen-bond acceptors (Lipinski definition) is 3. The third kappa shape index (κ3) is 4.34. The van der Waals surface area contributed by atoms with Gasteiger partial charge in [0, 0.05) is 6.42 Å². The molecule has 1 aliphatic heterocycles. The Hall–Kier alpha value is -1.10. The van der Waals surface area contributed by atoms with Gasteiger partial charge in [-0.1, -0.05) is 20.3 Å². The molecule has 3 N–H and O–H groups in total. The number of carbonyl (C=O) groups excluding carboxylic acids is 1. The second-order valence-corrected chi connectivity index (χ2v) is 4.83. The summed E-state index contributed by atoms with van der Waals surface area (Å²) >= 11 is 0. The Bertz CT molecular complexity index is 275. The summed E-state index contributed by atoms with van der Waals surface area (Å²) in [5.74, 6) is -0.789. The van der Waals surface area contributed by atoms with Crippen molar-refractivity contribution in [3.05, 3.63) is 0 Å². The number of aliphatic carboxylic acids is 1. The maximum atomic E-state index is 11.7. The molecule has 1 heterocycles. The SMILES string of the molecule is CCC(C)C(NC(=O)CC1CCNC1)C(=O)O. The number of hydrogen-bond donors (Lipinski definition) is 3. The zero-order valence-corrected chi connectivity index (χ0v) is 10.5. The van der Waals surface area contributed by atoms with Crippen LogP contribution in [0.25, 0.3) is 0 Å². The predicted molar refractivity (Wildman–Crippen MR) is 64.6 cm³/mol. The van der Waals surface area contributed by atoms with Crippen molar-refractivity contribution < 1.29 is 14.7 Å². The smallest absolute Gasteiger partial charge is 0.326 e. The lowest BCUT2D eigenvalue weighted by Gasteiger charge is -2.20. The highest BCUT2D eigenvalue weighted by molar-refractivity contribution is 5.83. The predicted octanol–water partition coefficient (Wildman–Crippen LogP) is 0.602. The molecule has 0 aromatic heterocycles. The van der Waals surface area contributed by atoms with Gasteiger partial charge in [0.25, 0.3) is 0 Å². The summed E-state index contributed by atoms with van der Waals surface area (Å²) in [6.07, 6.45) is 2.16. The molecule has 0 spiro atoms. The van der Waals surface area contributed by atoms with Gasteiger partial charge in [-0.15, -0.1) is 0 Å². The van der Waals surface area contributed by atoms with E-state index >= 15 is 0 Å². The number of amides is 1. The second-order valence-electron chi connectivity index (χ2n) is 4.83. The largest absolute Gasteiger partial charge is 0.480 e. The third-order valence-corrected chi connectivity index (χ3v) is 3.43. The van der Waals surface area contributed by atoms with E-state index in [1.807, 2.05) is 13.8 Å². The van der Waals surface area contributed by atoms with E-state index in [0.717, 1.165) is 25.9 Å².